The lowest BCUT2D eigenvalue weighted by Crippen LogP contribution is -2.57. The van der Waals surface area contributed by atoms with E-state index in [-0.39, 0.29) is 30.8 Å². The van der Waals surface area contributed by atoms with Gasteiger partial charge in [-0.3, -0.25) is 24.4 Å². The maximum absolute atomic E-state index is 13.5. The zero-order valence-electron chi connectivity index (χ0n) is 22.3. The summed E-state index contributed by atoms with van der Waals surface area (Å²) in [6.45, 7) is 4.69. The molecule has 0 aromatic heterocycles. The lowest BCUT2D eigenvalue weighted by atomic mass is 10.0. The Labute approximate surface area is 223 Å². The molecule has 1 fully saturated rings. The lowest BCUT2D eigenvalue weighted by Gasteiger charge is -2.30. The number of aliphatic carboxylic acids is 1. The van der Waals surface area contributed by atoms with Crippen molar-refractivity contribution < 1.29 is 24.3 Å². The molecule has 1 rings (SSSR count). The zero-order valence-corrected chi connectivity index (χ0v) is 22.3. The number of carboxylic acid groups (broad SMARTS) is 1. The van der Waals surface area contributed by atoms with Gasteiger partial charge in [-0.1, -0.05) is 13.8 Å². The maximum Gasteiger partial charge on any atom is 0.326 e. The van der Waals surface area contributed by atoms with Crippen LogP contribution in [0.2, 0.25) is 0 Å². The molecule has 4 atom stereocenters. The number of carbonyl (C=O) groups is 4. The van der Waals surface area contributed by atoms with Gasteiger partial charge in [-0.05, 0) is 50.9 Å². The molecule has 0 bridgehead atoms. The first-order valence-electron chi connectivity index (χ1n) is 12.8. The van der Waals surface area contributed by atoms with Gasteiger partial charge in [0.05, 0.1) is 6.04 Å². The van der Waals surface area contributed by atoms with E-state index in [9.17, 15) is 24.3 Å². The average molecular weight is 541 g/mol. The fraction of sp³-hybridized carbons (Fsp3) is 0.739. The summed E-state index contributed by atoms with van der Waals surface area (Å²) >= 11 is 0. The zero-order chi connectivity index (χ0) is 28.8. The first-order valence-corrected chi connectivity index (χ1v) is 12.8. The van der Waals surface area contributed by atoms with Crippen molar-refractivity contribution in [2.24, 2.45) is 44.6 Å². The van der Waals surface area contributed by atoms with E-state index < -0.39 is 47.9 Å². The molecule has 15 heteroatoms. The van der Waals surface area contributed by atoms with Gasteiger partial charge < -0.3 is 49.3 Å². The number of likely N-dealkylation sites (tertiary alicyclic amines) is 1. The highest BCUT2D eigenvalue weighted by Crippen LogP contribution is 2.21. The summed E-state index contributed by atoms with van der Waals surface area (Å²) in [6, 6.07) is -3.74. The molecule has 1 aliphatic rings. The number of amides is 3. The normalized spacial score (nSPS) is 17.3. The molecule has 0 aliphatic carbocycles. The van der Waals surface area contributed by atoms with Crippen LogP contribution < -0.4 is 39.3 Å². The number of nitrogens with one attached hydrogen (secondary N) is 2. The van der Waals surface area contributed by atoms with E-state index in [1.165, 1.54) is 4.90 Å². The predicted molar refractivity (Wildman–Crippen MR) is 143 cm³/mol. The van der Waals surface area contributed by atoms with Crippen molar-refractivity contribution in [1.82, 2.24) is 15.5 Å². The summed E-state index contributed by atoms with van der Waals surface area (Å²) in [5, 5.41) is 14.8. The molecule has 38 heavy (non-hydrogen) atoms. The van der Waals surface area contributed by atoms with Gasteiger partial charge in [0.15, 0.2) is 11.9 Å². The number of guanidine groups is 2. The first-order chi connectivity index (χ1) is 17.8. The fourth-order valence-electron chi connectivity index (χ4n) is 4.15. The van der Waals surface area contributed by atoms with Crippen molar-refractivity contribution in [2.45, 2.75) is 83.0 Å². The highest BCUT2D eigenvalue weighted by molar-refractivity contribution is 5.94. The van der Waals surface area contributed by atoms with Crippen LogP contribution in [0.5, 0.6) is 0 Å². The summed E-state index contributed by atoms with van der Waals surface area (Å²) in [5.74, 6) is -2.73. The van der Waals surface area contributed by atoms with E-state index in [0.717, 1.165) is 0 Å². The van der Waals surface area contributed by atoms with E-state index in [4.69, 9.17) is 28.7 Å². The Balaban J connectivity index is 2.85. The molecule has 13 N–H and O–H groups in total. The molecular weight excluding hydrogens is 496 g/mol. The number of nitrogens with two attached hydrogens (primary N) is 5. The van der Waals surface area contributed by atoms with Gasteiger partial charge in [0.25, 0.3) is 0 Å². The molecule has 4 unspecified atom stereocenters. The van der Waals surface area contributed by atoms with Crippen molar-refractivity contribution in [3.63, 3.8) is 0 Å². The molecule has 0 aromatic carbocycles. The minimum absolute atomic E-state index is 0.0459. The summed E-state index contributed by atoms with van der Waals surface area (Å²) in [7, 11) is 0. The number of aliphatic imine (C=N–C) groups is 2. The SMILES string of the molecule is CC(C)CC(NC(=O)C(N)CCCN=C(N)N)C(=O)N1CCCC1C(=O)NC(CCCN=C(N)N)C(=O)O. The van der Waals surface area contributed by atoms with E-state index in [0.29, 0.717) is 51.6 Å². The Morgan fingerprint density at radius 2 is 1.53 bits per heavy atom. The molecule has 0 spiro atoms. The maximum atomic E-state index is 13.5. The van der Waals surface area contributed by atoms with Gasteiger partial charge in [0.2, 0.25) is 17.7 Å². The highest BCUT2D eigenvalue weighted by atomic mass is 16.4. The van der Waals surface area contributed by atoms with Crippen molar-refractivity contribution >= 4 is 35.6 Å². The summed E-state index contributed by atoms with van der Waals surface area (Å²) in [4.78, 5) is 60.0. The Bertz CT molecular complexity index is 871. The molecule has 0 aromatic rings. The summed E-state index contributed by atoms with van der Waals surface area (Å²) in [6.07, 6.45) is 2.56. The molecule has 1 heterocycles. The minimum atomic E-state index is -1.20. The minimum Gasteiger partial charge on any atom is -0.480 e. The second kappa shape index (κ2) is 16.3. The molecule has 0 radical (unpaired) electrons. The first kappa shape index (κ1) is 32.4. The topological polar surface area (TPSA) is 271 Å². The van der Waals surface area contributed by atoms with Gasteiger partial charge in [-0.25, -0.2) is 4.79 Å². The summed E-state index contributed by atoms with van der Waals surface area (Å²) < 4.78 is 0. The van der Waals surface area contributed by atoms with Gasteiger partial charge in [-0.15, -0.1) is 0 Å². The Morgan fingerprint density at radius 3 is 2.05 bits per heavy atom. The molecular formula is C23H44N10O5. The van der Waals surface area contributed by atoms with Crippen LogP contribution in [-0.4, -0.2) is 89.4 Å². The highest BCUT2D eigenvalue weighted by Gasteiger charge is 2.39. The van der Waals surface area contributed by atoms with Crippen molar-refractivity contribution in [3.05, 3.63) is 0 Å². The third kappa shape index (κ3) is 11.6. The standard InChI is InChI=1S/C23H44N10O5/c1-13(2)12-16(32-18(34)14(24)6-3-9-29-22(25)26)20(36)33-11-5-8-17(33)19(35)31-15(21(37)38)7-4-10-30-23(27)28/h13-17H,3-12,24H2,1-2H3,(H,31,35)(H,32,34)(H,37,38)(H4,25,26,29)(H4,27,28,30). The number of nitrogens with zero attached hydrogens (tertiary/aromatic N) is 3. The van der Waals surface area contributed by atoms with Gasteiger partial charge in [0, 0.05) is 19.6 Å². The quantitative estimate of drug-likeness (QED) is 0.0579. The number of hydrogen-bond donors (Lipinski definition) is 8. The van der Waals surface area contributed by atoms with Crippen LogP contribution in [0.4, 0.5) is 0 Å². The largest absolute Gasteiger partial charge is 0.480 e. The van der Waals surface area contributed by atoms with Crippen LogP contribution >= 0.6 is 0 Å². The Kier molecular flexibility index (Phi) is 13.9. The van der Waals surface area contributed by atoms with Gasteiger partial charge in [0.1, 0.15) is 18.1 Å². The van der Waals surface area contributed by atoms with Crippen LogP contribution in [0.1, 0.15) is 58.8 Å². The number of carboxylic acids is 1. The smallest absolute Gasteiger partial charge is 0.326 e. The van der Waals surface area contributed by atoms with E-state index >= 15 is 0 Å². The molecule has 216 valence electrons. The van der Waals surface area contributed by atoms with E-state index in [2.05, 4.69) is 20.6 Å². The molecule has 1 aliphatic heterocycles. The Hall–Kier alpha value is -3.62. The Morgan fingerprint density at radius 1 is 0.947 bits per heavy atom. The number of carbonyl (C=O) groups excluding carboxylic acids is 3. The predicted octanol–water partition coefficient (Wildman–Crippen LogP) is -2.49. The van der Waals surface area contributed by atoms with Gasteiger partial charge in [-0.2, -0.15) is 0 Å². The molecule has 0 saturated carbocycles. The summed E-state index contributed by atoms with van der Waals surface area (Å²) in [5.41, 5.74) is 27.1. The van der Waals surface area contributed by atoms with E-state index in [1.54, 1.807) is 0 Å². The molecule has 15 nitrogen and oxygen atoms in total. The molecule has 3 amide bonds. The third-order valence-electron chi connectivity index (χ3n) is 6.02. The second-order valence-corrected chi connectivity index (χ2v) is 9.78. The van der Waals surface area contributed by atoms with Crippen molar-refractivity contribution in [3.8, 4) is 0 Å². The lowest BCUT2D eigenvalue weighted by molar-refractivity contribution is -0.145. The van der Waals surface area contributed by atoms with Gasteiger partial charge >= 0.3 is 5.97 Å². The van der Waals surface area contributed by atoms with Crippen LogP contribution in [-0.2, 0) is 19.2 Å². The number of rotatable bonds is 16. The van der Waals surface area contributed by atoms with E-state index in [1.807, 2.05) is 13.8 Å². The second-order valence-electron chi connectivity index (χ2n) is 9.78. The van der Waals surface area contributed by atoms with Crippen LogP contribution in [0, 0.1) is 5.92 Å². The van der Waals surface area contributed by atoms with Crippen molar-refractivity contribution in [2.75, 3.05) is 19.6 Å². The number of hydrogen-bond acceptors (Lipinski definition) is 7. The van der Waals surface area contributed by atoms with Crippen LogP contribution in [0.25, 0.3) is 0 Å². The van der Waals surface area contributed by atoms with Crippen molar-refractivity contribution in [1.29, 1.82) is 0 Å². The average Bonchev–Trinajstić information content (AvgIpc) is 3.31. The van der Waals surface area contributed by atoms with Crippen LogP contribution in [0.15, 0.2) is 9.98 Å². The fourth-order valence-corrected chi connectivity index (χ4v) is 4.15. The molecule has 1 saturated heterocycles. The van der Waals surface area contributed by atoms with Crippen LogP contribution in [0.3, 0.4) is 0 Å². The third-order valence-corrected chi connectivity index (χ3v) is 6.02. The monoisotopic (exact) mass is 540 g/mol.